The summed E-state index contributed by atoms with van der Waals surface area (Å²) in [7, 11) is 0. The van der Waals surface area contributed by atoms with Gasteiger partial charge in [-0.25, -0.2) is 4.98 Å². The van der Waals surface area contributed by atoms with Crippen LogP contribution in [0.25, 0.3) is 21.3 Å². The molecule has 0 spiro atoms. The summed E-state index contributed by atoms with van der Waals surface area (Å²) in [6.07, 6.45) is 1.37. The Morgan fingerprint density at radius 3 is 2.80 bits per heavy atom. The highest BCUT2D eigenvalue weighted by Crippen LogP contribution is 2.30. The van der Waals surface area contributed by atoms with Crippen LogP contribution in [-0.4, -0.2) is 15.5 Å². The average Bonchev–Trinajstić information content (AvgIpc) is 3.20. The summed E-state index contributed by atoms with van der Waals surface area (Å²) in [6.45, 7) is 1.81. The molecule has 0 aliphatic carbocycles. The van der Waals surface area contributed by atoms with Gasteiger partial charge in [0.15, 0.2) is 0 Å². The molecular weight excluding hydrogens is 398 g/mol. The van der Waals surface area contributed by atoms with Crippen molar-refractivity contribution in [2.24, 2.45) is 0 Å². The van der Waals surface area contributed by atoms with E-state index in [4.69, 9.17) is 10.00 Å². The van der Waals surface area contributed by atoms with E-state index in [1.165, 1.54) is 22.2 Å². The summed E-state index contributed by atoms with van der Waals surface area (Å²) >= 11 is 1.40. The standard InChI is InChI=1S/C23H17N3O3S/c1-15-5-7-18(8-6-15)19-13-30-22-21(19)23(28)26(14-25-22)11-20(27)29-12-17-4-2-3-16(9-17)10-24/h2-9,13-14H,11-12H2,1H3. The van der Waals surface area contributed by atoms with Crippen LogP contribution >= 0.6 is 11.3 Å². The summed E-state index contributed by atoms with van der Waals surface area (Å²) in [5.41, 5.74) is 3.81. The first-order valence-corrected chi connectivity index (χ1v) is 10.1. The molecule has 30 heavy (non-hydrogen) atoms. The Bertz CT molecular complexity index is 1330. The number of aromatic nitrogens is 2. The lowest BCUT2D eigenvalue weighted by Crippen LogP contribution is -2.25. The van der Waals surface area contributed by atoms with Crippen molar-refractivity contribution in [3.8, 4) is 17.2 Å². The summed E-state index contributed by atoms with van der Waals surface area (Å²) in [6, 6.07) is 16.8. The summed E-state index contributed by atoms with van der Waals surface area (Å²) < 4.78 is 6.54. The molecule has 0 saturated heterocycles. The molecule has 4 aromatic rings. The third-order valence-electron chi connectivity index (χ3n) is 4.68. The van der Waals surface area contributed by atoms with Crippen LogP contribution < -0.4 is 5.56 Å². The zero-order chi connectivity index (χ0) is 21.1. The van der Waals surface area contributed by atoms with Crippen LogP contribution in [0.4, 0.5) is 0 Å². The molecule has 148 valence electrons. The molecule has 2 aromatic carbocycles. The molecule has 7 heteroatoms. The topological polar surface area (TPSA) is 85.0 Å². The van der Waals surface area contributed by atoms with Crippen LogP contribution in [0.2, 0.25) is 0 Å². The van der Waals surface area contributed by atoms with Crippen LogP contribution in [-0.2, 0) is 22.7 Å². The summed E-state index contributed by atoms with van der Waals surface area (Å²) in [4.78, 5) is 30.3. The maximum atomic E-state index is 13.0. The number of hydrogen-bond acceptors (Lipinski definition) is 6. The molecule has 0 amide bonds. The van der Waals surface area contributed by atoms with Crippen molar-refractivity contribution in [3.63, 3.8) is 0 Å². The lowest BCUT2D eigenvalue weighted by molar-refractivity contribution is -0.145. The molecule has 0 radical (unpaired) electrons. The molecule has 2 heterocycles. The van der Waals surface area contributed by atoms with Crippen molar-refractivity contribution < 1.29 is 9.53 Å². The largest absolute Gasteiger partial charge is 0.459 e. The highest BCUT2D eigenvalue weighted by molar-refractivity contribution is 7.17. The Morgan fingerprint density at radius 2 is 2.03 bits per heavy atom. The monoisotopic (exact) mass is 415 g/mol. The van der Waals surface area contributed by atoms with E-state index in [0.717, 1.165) is 16.7 Å². The number of esters is 1. The van der Waals surface area contributed by atoms with Crippen molar-refractivity contribution in [1.29, 1.82) is 5.26 Å². The number of carbonyl (C=O) groups is 1. The molecule has 0 fully saturated rings. The van der Waals surface area contributed by atoms with Gasteiger partial charge < -0.3 is 4.74 Å². The first kappa shape index (κ1) is 19.6. The van der Waals surface area contributed by atoms with Crippen LogP contribution in [0, 0.1) is 18.3 Å². The van der Waals surface area contributed by atoms with E-state index < -0.39 is 5.97 Å². The molecule has 0 unspecified atom stereocenters. The minimum Gasteiger partial charge on any atom is -0.459 e. The van der Waals surface area contributed by atoms with E-state index in [1.54, 1.807) is 24.3 Å². The van der Waals surface area contributed by atoms with Crippen LogP contribution in [0.3, 0.4) is 0 Å². The Labute approximate surface area is 176 Å². The Morgan fingerprint density at radius 1 is 1.23 bits per heavy atom. The van der Waals surface area contributed by atoms with E-state index in [1.807, 2.05) is 42.6 Å². The normalized spacial score (nSPS) is 10.7. The Balaban J connectivity index is 1.55. The van der Waals surface area contributed by atoms with E-state index in [-0.39, 0.29) is 18.7 Å². The molecule has 0 aliphatic rings. The highest BCUT2D eigenvalue weighted by atomic mass is 32.1. The minimum absolute atomic E-state index is 0.0336. The second-order valence-electron chi connectivity index (χ2n) is 6.85. The molecule has 0 aliphatic heterocycles. The smallest absolute Gasteiger partial charge is 0.326 e. The number of nitrogens with zero attached hydrogens (tertiary/aromatic N) is 3. The number of aryl methyl sites for hydroxylation is 1. The Kier molecular flexibility index (Phi) is 5.42. The predicted octanol–water partition coefficient (Wildman–Crippen LogP) is 4.05. The number of rotatable bonds is 5. The molecule has 0 atom stereocenters. The van der Waals surface area contributed by atoms with E-state index in [2.05, 4.69) is 4.98 Å². The van der Waals surface area contributed by atoms with Gasteiger partial charge in [-0.3, -0.25) is 14.2 Å². The van der Waals surface area contributed by atoms with Crippen molar-refractivity contribution >= 4 is 27.5 Å². The SMILES string of the molecule is Cc1ccc(-c2csc3ncn(CC(=O)OCc4cccc(C#N)c4)c(=O)c23)cc1. The Hall–Kier alpha value is -3.76. The van der Waals surface area contributed by atoms with Gasteiger partial charge in [-0.15, -0.1) is 11.3 Å². The molecule has 6 nitrogen and oxygen atoms in total. The van der Waals surface area contributed by atoms with Crippen LogP contribution in [0.5, 0.6) is 0 Å². The van der Waals surface area contributed by atoms with Gasteiger partial charge in [0.1, 0.15) is 18.0 Å². The maximum absolute atomic E-state index is 13.0. The van der Waals surface area contributed by atoms with E-state index in [9.17, 15) is 9.59 Å². The number of nitriles is 1. The fraction of sp³-hybridized carbons (Fsp3) is 0.130. The molecule has 4 rings (SSSR count). The molecule has 2 aromatic heterocycles. The molecule has 0 saturated carbocycles. The zero-order valence-electron chi connectivity index (χ0n) is 16.2. The number of fused-ring (bicyclic) bond motifs is 1. The molecule has 0 bridgehead atoms. The van der Waals surface area contributed by atoms with Crippen molar-refractivity contribution in [2.75, 3.05) is 0 Å². The van der Waals surface area contributed by atoms with Gasteiger partial charge in [-0.1, -0.05) is 42.0 Å². The van der Waals surface area contributed by atoms with E-state index >= 15 is 0 Å². The minimum atomic E-state index is -0.548. The number of carbonyl (C=O) groups excluding carboxylic acids is 1. The third kappa shape index (κ3) is 4.00. The molecular formula is C23H17N3O3S. The fourth-order valence-electron chi connectivity index (χ4n) is 3.10. The highest BCUT2D eigenvalue weighted by Gasteiger charge is 2.15. The first-order valence-electron chi connectivity index (χ1n) is 9.23. The fourth-order valence-corrected chi connectivity index (χ4v) is 4.01. The van der Waals surface area contributed by atoms with Crippen LogP contribution in [0.15, 0.2) is 65.0 Å². The number of benzene rings is 2. The van der Waals surface area contributed by atoms with Crippen molar-refractivity contribution in [3.05, 3.63) is 87.3 Å². The average molecular weight is 415 g/mol. The van der Waals surface area contributed by atoms with E-state index in [0.29, 0.717) is 21.3 Å². The number of thiophene rings is 1. The zero-order valence-corrected chi connectivity index (χ0v) is 17.0. The summed E-state index contributed by atoms with van der Waals surface area (Å²) in [5.74, 6) is -0.548. The second kappa shape index (κ2) is 8.31. The first-order chi connectivity index (χ1) is 14.5. The van der Waals surface area contributed by atoms with Gasteiger partial charge in [0.25, 0.3) is 5.56 Å². The van der Waals surface area contributed by atoms with Crippen molar-refractivity contribution in [1.82, 2.24) is 9.55 Å². The molecule has 0 N–H and O–H groups in total. The van der Waals surface area contributed by atoms with Gasteiger partial charge in [-0.05, 0) is 30.2 Å². The van der Waals surface area contributed by atoms with Gasteiger partial charge in [0.2, 0.25) is 0 Å². The lowest BCUT2D eigenvalue weighted by atomic mass is 10.1. The quantitative estimate of drug-likeness (QED) is 0.459. The lowest BCUT2D eigenvalue weighted by Gasteiger charge is -2.08. The summed E-state index contributed by atoms with van der Waals surface area (Å²) in [5, 5.41) is 11.4. The van der Waals surface area contributed by atoms with Gasteiger partial charge in [-0.2, -0.15) is 5.26 Å². The number of ether oxygens (including phenoxy) is 1. The number of hydrogen-bond donors (Lipinski definition) is 0. The van der Waals surface area contributed by atoms with Gasteiger partial charge in [0, 0.05) is 10.9 Å². The second-order valence-corrected chi connectivity index (χ2v) is 7.70. The van der Waals surface area contributed by atoms with Gasteiger partial charge >= 0.3 is 5.97 Å². The van der Waals surface area contributed by atoms with Crippen LogP contribution in [0.1, 0.15) is 16.7 Å². The third-order valence-corrected chi connectivity index (χ3v) is 5.56. The van der Waals surface area contributed by atoms with Gasteiger partial charge in [0.05, 0.1) is 23.3 Å². The maximum Gasteiger partial charge on any atom is 0.326 e. The predicted molar refractivity (Wildman–Crippen MR) is 115 cm³/mol. The van der Waals surface area contributed by atoms with Crippen molar-refractivity contribution in [2.45, 2.75) is 20.1 Å².